The molecule has 104 valence electrons. The second kappa shape index (κ2) is 6.75. The topological polar surface area (TPSA) is 38.3 Å². The van der Waals surface area contributed by atoms with Crippen LogP contribution in [0.5, 0.6) is 5.75 Å². The Kier molecular flexibility index (Phi) is 4.77. The number of carbonyl (C=O) groups is 1. The number of carbonyl (C=O) groups excluding carboxylic acids is 1. The van der Waals surface area contributed by atoms with Crippen molar-refractivity contribution in [3.8, 4) is 5.75 Å². The van der Waals surface area contributed by atoms with Gasteiger partial charge < -0.3 is 10.1 Å². The van der Waals surface area contributed by atoms with Gasteiger partial charge >= 0.3 is 0 Å². The Bertz CT molecular complexity index is 593. The van der Waals surface area contributed by atoms with Crippen molar-refractivity contribution < 1.29 is 9.53 Å². The molecule has 20 heavy (non-hydrogen) atoms. The molecular weight excluding hydrogens is 250 g/mol. The first-order valence-corrected chi connectivity index (χ1v) is 6.81. The van der Waals surface area contributed by atoms with Gasteiger partial charge in [0.25, 0.3) is 5.91 Å². The molecule has 0 bridgehead atoms. The molecule has 0 fully saturated rings. The van der Waals surface area contributed by atoms with Gasteiger partial charge in [-0.1, -0.05) is 37.3 Å². The predicted octanol–water partition coefficient (Wildman–Crippen LogP) is 4.04. The van der Waals surface area contributed by atoms with Crippen molar-refractivity contribution in [1.82, 2.24) is 0 Å². The van der Waals surface area contributed by atoms with Crippen molar-refractivity contribution in [2.75, 3.05) is 11.9 Å². The van der Waals surface area contributed by atoms with E-state index in [0.29, 0.717) is 17.9 Å². The second-order valence-electron chi connectivity index (χ2n) is 4.61. The van der Waals surface area contributed by atoms with E-state index in [4.69, 9.17) is 4.74 Å². The fourth-order valence-electron chi connectivity index (χ4n) is 1.89. The zero-order valence-corrected chi connectivity index (χ0v) is 11.8. The molecular formula is C17H19NO2. The Balaban J connectivity index is 2.19. The molecule has 3 nitrogen and oxygen atoms in total. The van der Waals surface area contributed by atoms with Crippen LogP contribution in [-0.2, 0) is 0 Å². The maximum absolute atomic E-state index is 12.4. The zero-order valence-electron chi connectivity index (χ0n) is 11.8. The Hall–Kier alpha value is -2.29. The standard InChI is InChI=1S/C17H19NO2/c1-3-12-20-16-11-7-5-9-14(16)17(19)18-15-10-6-4-8-13(15)2/h4-11H,3,12H2,1-2H3,(H,18,19). The van der Waals surface area contributed by atoms with E-state index in [-0.39, 0.29) is 5.91 Å². The molecule has 0 aliphatic rings. The highest BCUT2D eigenvalue weighted by atomic mass is 16.5. The van der Waals surface area contributed by atoms with E-state index in [0.717, 1.165) is 17.7 Å². The number of aryl methyl sites for hydroxylation is 1. The van der Waals surface area contributed by atoms with Crippen molar-refractivity contribution in [2.24, 2.45) is 0 Å². The van der Waals surface area contributed by atoms with Crippen LogP contribution in [0.25, 0.3) is 0 Å². The van der Waals surface area contributed by atoms with E-state index in [9.17, 15) is 4.79 Å². The Labute approximate surface area is 119 Å². The van der Waals surface area contributed by atoms with Gasteiger partial charge in [0, 0.05) is 5.69 Å². The van der Waals surface area contributed by atoms with Gasteiger partial charge in [0.1, 0.15) is 5.75 Å². The summed E-state index contributed by atoms with van der Waals surface area (Å²) >= 11 is 0. The van der Waals surface area contributed by atoms with Crippen molar-refractivity contribution in [1.29, 1.82) is 0 Å². The third-order valence-electron chi connectivity index (χ3n) is 2.99. The summed E-state index contributed by atoms with van der Waals surface area (Å²) in [7, 11) is 0. The van der Waals surface area contributed by atoms with Crippen LogP contribution in [0.15, 0.2) is 48.5 Å². The molecule has 3 heteroatoms. The Morgan fingerprint density at radius 1 is 1.10 bits per heavy atom. The number of hydrogen-bond donors (Lipinski definition) is 1. The fourth-order valence-corrected chi connectivity index (χ4v) is 1.89. The summed E-state index contributed by atoms with van der Waals surface area (Å²) in [5, 5.41) is 2.92. The molecule has 0 aromatic heterocycles. The first-order valence-electron chi connectivity index (χ1n) is 6.81. The van der Waals surface area contributed by atoms with Gasteiger partial charge in [0.05, 0.1) is 12.2 Å². The lowest BCUT2D eigenvalue weighted by Crippen LogP contribution is -2.14. The third kappa shape index (κ3) is 3.38. The number of anilines is 1. The number of benzene rings is 2. The molecule has 0 heterocycles. The molecule has 0 aliphatic carbocycles. The lowest BCUT2D eigenvalue weighted by molar-refractivity contribution is 0.102. The van der Waals surface area contributed by atoms with Crippen molar-refractivity contribution >= 4 is 11.6 Å². The summed E-state index contributed by atoms with van der Waals surface area (Å²) < 4.78 is 5.61. The molecule has 0 spiro atoms. The number of ether oxygens (including phenoxy) is 1. The van der Waals surface area contributed by atoms with Crippen LogP contribution >= 0.6 is 0 Å². The number of hydrogen-bond acceptors (Lipinski definition) is 2. The lowest BCUT2D eigenvalue weighted by atomic mass is 10.1. The number of nitrogens with one attached hydrogen (secondary N) is 1. The highest BCUT2D eigenvalue weighted by Gasteiger charge is 2.12. The summed E-state index contributed by atoms with van der Waals surface area (Å²) in [5.74, 6) is 0.478. The molecule has 2 aromatic rings. The average Bonchev–Trinajstić information content (AvgIpc) is 2.47. The van der Waals surface area contributed by atoms with Crippen LogP contribution in [0.2, 0.25) is 0 Å². The average molecular weight is 269 g/mol. The molecule has 0 saturated heterocycles. The van der Waals surface area contributed by atoms with Gasteiger partial charge in [-0.2, -0.15) is 0 Å². The number of para-hydroxylation sites is 2. The minimum absolute atomic E-state index is 0.147. The summed E-state index contributed by atoms with van der Waals surface area (Å²) in [6.07, 6.45) is 0.910. The lowest BCUT2D eigenvalue weighted by Gasteiger charge is -2.12. The van der Waals surface area contributed by atoms with Gasteiger partial charge in [0.15, 0.2) is 0 Å². The van der Waals surface area contributed by atoms with E-state index in [1.54, 1.807) is 6.07 Å². The van der Waals surface area contributed by atoms with Crippen LogP contribution < -0.4 is 10.1 Å². The maximum atomic E-state index is 12.4. The van der Waals surface area contributed by atoms with E-state index in [2.05, 4.69) is 5.32 Å². The Morgan fingerprint density at radius 3 is 2.55 bits per heavy atom. The normalized spacial score (nSPS) is 10.1. The summed E-state index contributed by atoms with van der Waals surface area (Å²) in [4.78, 5) is 12.4. The van der Waals surface area contributed by atoms with Gasteiger partial charge in [-0.05, 0) is 37.1 Å². The van der Waals surface area contributed by atoms with E-state index >= 15 is 0 Å². The first kappa shape index (κ1) is 14.1. The van der Waals surface area contributed by atoms with Crippen molar-refractivity contribution in [3.05, 3.63) is 59.7 Å². The zero-order chi connectivity index (χ0) is 14.4. The molecule has 2 rings (SSSR count). The minimum Gasteiger partial charge on any atom is -0.493 e. The third-order valence-corrected chi connectivity index (χ3v) is 2.99. The molecule has 0 saturated carbocycles. The van der Waals surface area contributed by atoms with E-state index in [1.807, 2.05) is 56.3 Å². The predicted molar refractivity (Wildman–Crippen MR) is 81.4 cm³/mol. The smallest absolute Gasteiger partial charge is 0.259 e. The highest BCUT2D eigenvalue weighted by Crippen LogP contribution is 2.21. The van der Waals surface area contributed by atoms with Crippen LogP contribution in [-0.4, -0.2) is 12.5 Å². The second-order valence-corrected chi connectivity index (χ2v) is 4.61. The highest BCUT2D eigenvalue weighted by molar-refractivity contribution is 6.06. The maximum Gasteiger partial charge on any atom is 0.259 e. The summed E-state index contributed by atoms with van der Waals surface area (Å²) in [6.45, 7) is 4.61. The molecule has 0 aliphatic heterocycles. The van der Waals surface area contributed by atoms with Gasteiger partial charge in [-0.25, -0.2) is 0 Å². The largest absolute Gasteiger partial charge is 0.493 e. The van der Waals surface area contributed by atoms with E-state index in [1.165, 1.54) is 0 Å². The minimum atomic E-state index is -0.147. The van der Waals surface area contributed by atoms with Crippen LogP contribution in [0, 0.1) is 6.92 Å². The van der Waals surface area contributed by atoms with Gasteiger partial charge in [0.2, 0.25) is 0 Å². The molecule has 1 amide bonds. The summed E-state index contributed by atoms with van der Waals surface area (Å²) in [5.41, 5.74) is 2.42. The SMILES string of the molecule is CCCOc1ccccc1C(=O)Nc1ccccc1C. The fraction of sp³-hybridized carbons (Fsp3) is 0.235. The molecule has 0 radical (unpaired) electrons. The summed E-state index contributed by atoms with van der Waals surface area (Å²) in [6, 6.07) is 15.0. The molecule has 1 N–H and O–H groups in total. The van der Waals surface area contributed by atoms with Crippen LogP contribution in [0.3, 0.4) is 0 Å². The van der Waals surface area contributed by atoms with Crippen LogP contribution in [0.4, 0.5) is 5.69 Å². The quantitative estimate of drug-likeness (QED) is 0.889. The number of amides is 1. The monoisotopic (exact) mass is 269 g/mol. The Morgan fingerprint density at radius 2 is 1.80 bits per heavy atom. The van der Waals surface area contributed by atoms with Crippen molar-refractivity contribution in [3.63, 3.8) is 0 Å². The molecule has 0 unspecified atom stereocenters. The van der Waals surface area contributed by atoms with Gasteiger partial charge in [-0.3, -0.25) is 4.79 Å². The van der Waals surface area contributed by atoms with Crippen molar-refractivity contribution in [2.45, 2.75) is 20.3 Å². The van der Waals surface area contributed by atoms with Crippen LogP contribution in [0.1, 0.15) is 29.3 Å². The first-order chi connectivity index (χ1) is 9.72. The number of rotatable bonds is 5. The van der Waals surface area contributed by atoms with E-state index < -0.39 is 0 Å². The molecule has 2 aromatic carbocycles. The van der Waals surface area contributed by atoms with Gasteiger partial charge in [-0.15, -0.1) is 0 Å². The molecule has 0 atom stereocenters.